The predicted molar refractivity (Wildman–Crippen MR) is 98.7 cm³/mol. The smallest absolute Gasteiger partial charge is 0.360 e. The summed E-state index contributed by atoms with van der Waals surface area (Å²) in [5.41, 5.74) is -1.20. The average Bonchev–Trinajstić information content (AvgIpc) is 3.05. The summed E-state index contributed by atoms with van der Waals surface area (Å²) in [6.45, 7) is 5.71. The average molecular weight is 406 g/mol. The Bertz CT molecular complexity index is 1020. The molecular weight excluding hydrogens is 384 g/mol. The summed E-state index contributed by atoms with van der Waals surface area (Å²) < 4.78 is 17.7. The van der Waals surface area contributed by atoms with Gasteiger partial charge in [-0.25, -0.2) is 14.2 Å². The van der Waals surface area contributed by atoms with E-state index in [1.807, 2.05) is 13.8 Å². The molecule has 1 aliphatic rings. The van der Waals surface area contributed by atoms with Crippen LogP contribution in [0.1, 0.15) is 31.3 Å². The van der Waals surface area contributed by atoms with Crippen molar-refractivity contribution in [3.05, 3.63) is 28.4 Å². The molecule has 0 bridgehead atoms. The van der Waals surface area contributed by atoms with Gasteiger partial charge in [-0.15, -0.1) is 0 Å². The Morgan fingerprint density at radius 1 is 1.21 bits per heavy atom. The van der Waals surface area contributed by atoms with Gasteiger partial charge in [0.05, 0.1) is 19.3 Å². The van der Waals surface area contributed by atoms with Crippen LogP contribution < -0.4 is 10.3 Å². The number of aromatic nitrogens is 3. The maximum atomic E-state index is 12.7. The second-order valence-electron chi connectivity index (χ2n) is 6.83. The lowest BCUT2D eigenvalue weighted by molar-refractivity contribution is -0.143. The maximum Gasteiger partial charge on any atom is 0.360 e. The van der Waals surface area contributed by atoms with Crippen LogP contribution in [0.4, 0.5) is 0 Å². The Morgan fingerprint density at radius 2 is 1.86 bits per heavy atom. The van der Waals surface area contributed by atoms with Gasteiger partial charge >= 0.3 is 17.5 Å². The fourth-order valence-corrected chi connectivity index (χ4v) is 3.28. The highest BCUT2D eigenvalue weighted by Crippen LogP contribution is 2.16. The number of methoxy groups -OCH3 is 1. The molecule has 3 rings (SSSR count). The summed E-state index contributed by atoms with van der Waals surface area (Å²) in [6, 6.07) is 0. The first-order valence-corrected chi connectivity index (χ1v) is 9.02. The molecule has 3 heterocycles. The van der Waals surface area contributed by atoms with Crippen molar-refractivity contribution in [2.24, 2.45) is 0 Å². The van der Waals surface area contributed by atoms with Crippen LogP contribution in [-0.2, 0) is 25.6 Å². The molecule has 0 saturated carbocycles. The molecule has 11 heteroatoms. The number of esters is 2. The molecule has 1 fully saturated rings. The molecule has 2 unspecified atom stereocenters. The van der Waals surface area contributed by atoms with E-state index in [0.29, 0.717) is 13.1 Å². The molecule has 11 nitrogen and oxygen atoms in total. The van der Waals surface area contributed by atoms with Gasteiger partial charge in [-0.2, -0.15) is 0 Å². The standard InChI is InChI=1S/C18H22N4O7/c1-10-7-21(8-11(2)28-10)13(24)9-20-5-6-22-16(25)15(29-12(3)23)14(17(26)27-4)19-18(20)22/h5-6,10-11H,7-9H2,1-4H3. The molecule has 0 N–H and O–H groups in total. The first-order chi connectivity index (χ1) is 13.7. The lowest BCUT2D eigenvalue weighted by Crippen LogP contribution is -2.49. The quantitative estimate of drug-likeness (QED) is 0.643. The van der Waals surface area contributed by atoms with E-state index in [0.717, 1.165) is 18.4 Å². The molecule has 2 aromatic rings. The fourth-order valence-electron chi connectivity index (χ4n) is 3.28. The van der Waals surface area contributed by atoms with E-state index in [9.17, 15) is 19.2 Å². The summed E-state index contributed by atoms with van der Waals surface area (Å²) in [6.07, 6.45) is 2.72. The van der Waals surface area contributed by atoms with E-state index in [4.69, 9.17) is 9.47 Å². The van der Waals surface area contributed by atoms with Gasteiger partial charge in [-0.3, -0.25) is 14.4 Å². The van der Waals surface area contributed by atoms with Crippen molar-refractivity contribution in [2.75, 3.05) is 20.2 Å². The number of carbonyl (C=O) groups is 3. The molecule has 2 aromatic heterocycles. The van der Waals surface area contributed by atoms with Crippen molar-refractivity contribution >= 4 is 23.6 Å². The summed E-state index contributed by atoms with van der Waals surface area (Å²) >= 11 is 0. The largest absolute Gasteiger partial charge is 0.464 e. The van der Waals surface area contributed by atoms with Gasteiger partial charge in [0.2, 0.25) is 23.1 Å². The third kappa shape index (κ3) is 4.14. The first kappa shape index (κ1) is 20.5. The molecule has 0 spiro atoms. The Labute approximate surface area is 165 Å². The number of hydrogen-bond acceptors (Lipinski definition) is 8. The van der Waals surface area contributed by atoms with Crippen LogP contribution in [0.15, 0.2) is 17.2 Å². The van der Waals surface area contributed by atoms with Crippen LogP contribution >= 0.6 is 0 Å². The summed E-state index contributed by atoms with van der Waals surface area (Å²) in [5.74, 6) is -2.37. The van der Waals surface area contributed by atoms with Crippen LogP contribution in [0.3, 0.4) is 0 Å². The lowest BCUT2D eigenvalue weighted by atomic mass is 10.2. The van der Waals surface area contributed by atoms with Crippen LogP contribution in [0.2, 0.25) is 0 Å². The zero-order valence-corrected chi connectivity index (χ0v) is 16.6. The molecule has 1 amide bonds. The minimum Gasteiger partial charge on any atom is -0.464 e. The van der Waals surface area contributed by atoms with E-state index in [-0.39, 0.29) is 30.4 Å². The Balaban J connectivity index is 1.99. The molecule has 29 heavy (non-hydrogen) atoms. The maximum absolute atomic E-state index is 12.7. The van der Waals surface area contributed by atoms with Gasteiger partial charge in [0.25, 0.3) is 0 Å². The molecule has 0 aliphatic carbocycles. The highest BCUT2D eigenvalue weighted by atomic mass is 16.5. The van der Waals surface area contributed by atoms with Crippen LogP contribution in [0.5, 0.6) is 5.75 Å². The predicted octanol–water partition coefficient (Wildman–Crippen LogP) is -0.156. The number of carbonyl (C=O) groups excluding carboxylic acids is 3. The number of nitrogens with zero attached hydrogens (tertiary/aromatic N) is 4. The van der Waals surface area contributed by atoms with E-state index in [1.54, 1.807) is 4.90 Å². The van der Waals surface area contributed by atoms with Crippen LogP contribution in [0.25, 0.3) is 5.78 Å². The number of rotatable bonds is 4. The highest BCUT2D eigenvalue weighted by molar-refractivity contribution is 5.91. The van der Waals surface area contributed by atoms with Crippen molar-refractivity contribution in [1.82, 2.24) is 18.9 Å². The Morgan fingerprint density at radius 3 is 2.45 bits per heavy atom. The van der Waals surface area contributed by atoms with Gasteiger partial charge in [-0.1, -0.05) is 0 Å². The molecule has 0 aromatic carbocycles. The fraction of sp³-hybridized carbons (Fsp3) is 0.500. The van der Waals surface area contributed by atoms with Gasteiger partial charge in [0, 0.05) is 32.4 Å². The highest BCUT2D eigenvalue weighted by Gasteiger charge is 2.28. The topological polar surface area (TPSA) is 121 Å². The molecule has 156 valence electrons. The van der Waals surface area contributed by atoms with Gasteiger partial charge < -0.3 is 23.7 Å². The minimum absolute atomic E-state index is 0.0500. The number of imidazole rings is 1. The summed E-state index contributed by atoms with van der Waals surface area (Å²) in [5, 5.41) is 0. The third-order valence-corrected chi connectivity index (χ3v) is 4.41. The zero-order chi connectivity index (χ0) is 21.3. The van der Waals surface area contributed by atoms with Gasteiger partial charge in [-0.05, 0) is 13.8 Å². The van der Waals surface area contributed by atoms with E-state index in [2.05, 4.69) is 9.72 Å². The summed E-state index contributed by atoms with van der Waals surface area (Å²) in [4.78, 5) is 54.7. The number of hydrogen-bond donors (Lipinski definition) is 0. The molecule has 0 radical (unpaired) electrons. The van der Waals surface area contributed by atoms with E-state index >= 15 is 0 Å². The normalized spacial score (nSPS) is 19.2. The number of fused-ring (bicyclic) bond motifs is 1. The summed E-state index contributed by atoms with van der Waals surface area (Å²) in [7, 11) is 1.12. The SMILES string of the molecule is COC(=O)c1nc2n(CC(=O)N3CC(C)OC(C)C3)ccn2c(=O)c1OC(C)=O. The monoisotopic (exact) mass is 406 g/mol. The zero-order valence-electron chi connectivity index (χ0n) is 16.6. The molecule has 2 atom stereocenters. The Hall–Kier alpha value is -3.21. The lowest BCUT2D eigenvalue weighted by Gasteiger charge is -2.35. The van der Waals surface area contributed by atoms with Crippen molar-refractivity contribution in [2.45, 2.75) is 39.5 Å². The first-order valence-electron chi connectivity index (χ1n) is 9.02. The van der Waals surface area contributed by atoms with Crippen molar-refractivity contribution in [1.29, 1.82) is 0 Å². The molecule has 1 aliphatic heterocycles. The number of morpholine rings is 1. The van der Waals surface area contributed by atoms with Crippen LogP contribution in [0, 0.1) is 0 Å². The Kier molecular flexibility index (Phi) is 5.69. The van der Waals surface area contributed by atoms with Crippen molar-refractivity contribution < 1.29 is 28.6 Å². The van der Waals surface area contributed by atoms with Crippen molar-refractivity contribution in [3.63, 3.8) is 0 Å². The minimum atomic E-state index is -0.934. The van der Waals surface area contributed by atoms with E-state index < -0.39 is 28.9 Å². The van der Waals surface area contributed by atoms with Gasteiger partial charge in [0.15, 0.2) is 0 Å². The third-order valence-electron chi connectivity index (χ3n) is 4.41. The van der Waals surface area contributed by atoms with Crippen LogP contribution in [-0.4, -0.2) is 69.1 Å². The number of amides is 1. The molecule has 1 saturated heterocycles. The second-order valence-corrected chi connectivity index (χ2v) is 6.83. The van der Waals surface area contributed by atoms with E-state index in [1.165, 1.54) is 17.0 Å². The second kappa shape index (κ2) is 8.03. The number of ether oxygens (including phenoxy) is 3. The van der Waals surface area contributed by atoms with Crippen molar-refractivity contribution in [3.8, 4) is 5.75 Å². The van der Waals surface area contributed by atoms with Gasteiger partial charge in [0.1, 0.15) is 6.54 Å². The molecular formula is C18H22N4O7.